The minimum atomic E-state index is -0.162. The first kappa shape index (κ1) is 22.9. The SMILES string of the molecule is C=CCn1c(SCC(=O)N2CCC(C(=O)OCC)CC2)nnc1-c1ccccc1OC. The van der Waals surface area contributed by atoms with E-state index in [0.29, 0.717) is 55.8 Å². The van der Waals surface area contributed by atoms with Crippen LogP contribution in [-0.4, -0.2) is 64.1 Å². The smallest absolute Gasteiger partial charge is 0.309 e. The van der Waals surface area contributed by atoms with Gasteiger partial charge in [0.2, 0.25) is 5.91 Å². The fraction of sp³-hybridized carbons (Fsp3) is 0.455. The number of allylic oxidation sites excluding steroid dienone is 1. The Labute approximate surface area is 186 Å². The molecule has 166 valence electrons. The maximum Gasteiger partial charge on any atom is 0.309 e. The van der Waals surface area contributed by atoms with Crippen molar-refractivity contribution in [3.8, 4) is 17.1 Å². The highest BCUT2D eigenvalue weighted by atomic mass is 32.2. The van der Waals surface area contributed by atoms with E-state index in [2.05, 4.69) is 16.8 Å². The summed E-state index contributed by atoms with van der Waals surface area (Å²) in [5.74, 6) is 1.38. The average molecular weight is 445 g/mol. The van der Waals surface area contributed by atoms with Crippen LogP contribution in [0.4, 0.5) is 0 Å². The lowest BCUT2D eigenvalue weighted by molar-refractivity contribution is -0.151. The Hall–Kier alpha value is -2.81. The third-order valence-corrected chi connectivity index (χ3v) is 6.12. The number of benzene rings is 1. The third-order valence-electron chi connectivity index (χ3n) is 5.17. The van der Waals surface area contributed by atoms with E-state index in [9.17, 15) is 9.59 Å². The summed E-state index contributed by atoms with van der Waals surface area (Å²) in [5, 5.41) is 9.29. The van der Waals surface area contributed by atoms with E-state index in [1.807, 2.05) is 28.8 Å². The van der Waals surface area contributed by atoms with Crippen LogP contribution >= 0.6 is 11.8 Å². The van der Waals surface area contributed by atoms with Crippen molar-refractivity contribution in [1.29, 1.82) is 0 Å². The van der Waals surface area contributed by atoms with E-state index < -0.39 is 0 Å². The average Bonchev–Trinajstić information content (AvgIpc) is 3.20. The zero-order valence-corrected chi connectivity index (χ0v) is 18.8. The summed E-state index contributed by atoms with van der Waals surface area (Å²) in [7, 11) is 1.62. The molecular weight excluding hydrogens is 416 g/mol. The first-order chi connectivity index (χ1) is 15.1. The fourth-order valence-corrected chi connectivity index (χ4v) is 4.41. The number of carbonyl (C=O) groups is 2. The minimum absolute atomic E-state index is 0.0271. The van der Waals surface area contributed by atoms with Gasteiger partial charge in [-0.05, 0) is 31.9 Å². The van der Waals surface area contributed by atoms with Crippen LogP contribution < -0.4 is 4.74 Å². The maximum atomic E-state index is 12.7. The fourth-order valence-electron chi connectivity index (χ4n) is 3.56. The molecule has 1 aliphatic heterocycles. The van der Waals surface area contributed by atoms with E-state index in [0.717, 1.165) is 5.56 Å². The predicted molar refractivity (Wildman–Crippen MR) is 119 cm³/mol. The van der Waals surface area contributed by atoms with Crippen molar-refractivity contribution in [2.24, 2.45) is 5.92 Å². The maximum absolute atomic E-state index is 12.7. The first-order valence-electron chi connectivity index (χ1n) is 10.3. The van der Waals surface area contributed by atoms with Gasteiger partial charge in [-0.3, -0.25) is 14.2 Å². The Morgan fingerprint density at radius 1 is 1.26 bits per heavy atom. The van der Waals surface area contributed by atoms with Crippen LogP contribution in [0.1, 0.15) is 19.8 Å². The number of aromatic nitrogens is 3. The van der Waals surface area contributed by atoms with Crippen LogP contribution in [0.2, 0.25) is 0 Å². The highest BCUT2D eigenvalue weighted by Crippen LogP contribution is 2.31. The van der Waals surface area contributed by atoms with Crippen LogP contribution in [0.25, 0.3) is 11.4 Å². The number of likely N-dealkylation sites (tertiary alicyclic amines) is 1. The van der Waals surface area contributed by atoms with Crippen LogP contribution in [0.15, 0.2) is 42.1 Å². The van der Waals surface area contributed by atoms with Crippen LogP contribution in [0.3, 0.4) is 0 Å². The molecule has 0 spiro atoms. The molecule has 0 radical (unpaired) electrons. The number of ether oxygens (including phenoxy) is 2. The summed E-state index contributed by atoms with van der Waals surface area (Å²) in [6, 6.07) is 7.62. The van der Waals surface area contributed by atoms with E-state index >= 15 is 0 Å². The summed E-state index contributed by atoms with van der Waals surface area (Å²) < 4.78 is 12.5. The molecule has 0 unspecified atom stereocenters. The number of esters is 1. The molecule has 1 aliphatic rings. The molecule has 0 atom stereocenters. The van der Waals surface area contributed by atoms with Crippen LogP contribution in [0.5, 0.6) is 5.75 Å². The van der Waals surface area contributed by atoms with Crippen molar-refractivity contribution in [2.45, 2.75) is 31.5 Å². The Kier molecular flexibility index (Phi) is 8.11. The number of methoxy groups -OCH3 is 1. The van der Waals surface area contributed by atoms with Gasteiger partial charge >= 0.3 is 5.97 Å². The summed E-state index contributed by atoms with van der Waals surface area (Å²) >= 11 is 1.35. The quantitative estimate of drug-likeness (QED) is 0.334. The molecule has 1 aromatic heterocycles. The molecule has 1 aromatic carbocycles. The number of nitrogens with zero attached hydrogens (tertiary/aromatic N) is 4. The summed E-state index contributed by atoms with van der Waals surface area (Å²) in [4.78, 5) is 26.4. The Balaban J connectivity index is 1.64. The largest absolute Gasteiger partial charge is 0.496 e. The molecule has 31 heavy (non-hydrogen) atoms. The number of thioether (sulfide) groups is 1. The van der Waals surface area contributed by atoms with Crippen molar-refractivity contribution in [2.75, 3.05) is 32.6 Å². The van der Waals surface area contributed by atoms with Crippen molar-refractivity contribution in [3.05, 3.63) is 36.9 Å². The van der Waals surface area contributed by atoms with Crippen molar-refractivity contribution >= 4 is 23.6 Å². The van der Waals surface area contributed by atoms with Gasteiger partial charge in [0.25, 0.3) is 0 Å². The number of para-hydroxylation sites is 1. The number of piperidine rings is 1. The van der Waals surface area contributed by atoms with Gasteiger partial charge in [0.1, 0.15) is 5.75 Å². The minimum Gasteiger partial charge on any atom is -0.496 e. The van der Waals surface area contributed by atoms with Gasteiger partial charge in [0.05, 0.1) is 31.0 Å². The number of hydrogen-bond acceptors (Lipinski definition) is 7. The molecule has 1 amide bonds. The standard InChI is InChI=1S/C22H28N4O4S/c1-4-12-26-20(17-8-6-7-9-18(17)29-3)23-24-22(26)31-15-19(27)25-13-10-16(11-14-25)21(28)30-5-2/h4,6-9,16H,1,5,10-15H2,2-3H3. The van der Waals surface area contributed by atoms with Crippen LogP contribution in [-0.2, 0) is 20.9 Å². The van der Waals surface area contributed by atoms with Gasteiger partial charge in [-0.1, -0.05) is 30.0 Å². The molecule has 2 aromatic rings. The first-order valence-corrected chi connectivity index (χ1v) is 11.3. The molecule has 8 nitrogen and oxygen atoms in total. The summed E-state index contributed by atoms with van der Waals surface area (Å²) in [6.45, 7) is 7.66. The Morgan fingerprint density at radius 3 is 2.68 bits per heavy atom. The molecule has 0 N–H and O–H groups in total. The number of carbonyl (C=O) groups excluding carboxylic acids is 2. The lowest BCUT2D eigenvalue weighted by Crippen LogP contribution is -2.41. The summed E-state index contributed by atoms with van der Waals surface area (Å²) in [6.07, 6.45) is 3.05. The van der Waals surface area contributed by atoms with E-state index in [1.54, 1.807) is 25.0 Å². The van der Waals surface area contributed by atoms with Gasteiger partial charge in [-0.15, -0.1) is 16.8 Å². The molecule has 0 bridgehead atoms. The Bertz CT molecular complexity index is 922. The van der Waals surface area contributed by atoms with E-state index in [1.165, 1.54) is 11.8 Å². The molecular formula is C22H28N4O4S. The van der Waals surface area contributed by atoms with Gasteiger partial charge in [0, 0.05) is 19.6 Å². The predicted octanol–water partition coefficient (Wildman–Crippen LogP) is 3.03. The monoisotopic (exact) mass is 444 g/mol. The highest BCUT2D eigenvalue weighted by molar-refractivity contribution is 7.99. The normalized spacial score (nSPS) is 14.3. The molecule has 0 aliphatic carbocycles. The molecule has 3 rings (SSSR count). The third kappa shape index (κ3) is 5.46. The second kappa shape index (κ2) is 11.0. The topological polar surface area (TPSA) is 86.6 Å². The lowest BCUT2D eigenvalue weighted by Gasteiger charge is -2.30. The molecule has 1 fully saturated rings. The lowest BCUT2D eigenvalue weighted by atomic mass is 9.97. The van der Waals surface area contributed by atoms with Crippen LogP contribution in [0, 0.1) is 5.92 Å². The molecule has 2 heterocycles. The highest BCUT2D eigenvalue weighted by Gasteiger charge is 2.28. The van der Waals surface area contributed by atoms with Gasteiger partial charge in [0.15, 0.2) is 11.0 Å². The zero-order valence-electron chi connectivity index (χ0n) is 18.0. The van der Waals surface area contributed by atoms with Crippen molar-refractivity contribution < 1.29 is 19.1 Å². The zero-order chi connectivity index (χ0) is 22.2. The van der Waals surface area contributed by atoms with Gasteiger partial charge < -0.3 is 14.4 Å². The van der Waals surface area contributed by atoms with Gasteiger partial charge in [-0.2, -0.15) is 0 Å². The number of hydrogen-bond donors (Lipinski definition) is 0. The second-order valence-electron chi connectivity index (χ2n) is 7.10. The second-order valence-corrected chi connectivity index (χ2v) is 8.04. The van der Waals surface area contributed by atoms with Crippen molar-refractivity contribution in [3.63, 3.8) is 0 Å². The number of rotatable bonds is 9. The van der Waals surface area contributed by atoms with E-state index in [4.69, 9.17) is 9.47 Å². The van der Waals surface area contributed by atoms with Gasteiger partial charge in [-0.25, -0.2) is 0 Å². The van der Waals surface area contributed by atoms with Crippen molar-refractivity contribution in [1.82, 2.24) is 19.7 Å². The van der Waals surface area contributed by atoms with E-state index in [-0.39, 0.29) is 23.5 Å². The molecule has 1 saturated heterocycles. The number of amides is 1. The Morgan fingerprint density at radius 2 is 2.00 bits per heavy atom. The molecule has 9 heteroatoms. The summed E-state index contributed by atoms with van der Waals surface area (Å²) in [5.41, 5.74) is 0.832. The molecule has 0 saturated carbocycles.